The van der Waals surface area contributed by atoms with Crippen molar-refractivity contribution in [3.05, 3.63) is 16.3 Å². The molecule has 0 aliphatic rings. The van der Waals surface area contributed by atoms with Crippen molar-refractivity contribution in [3.63, 3.8) is 0 Å². The van der Waals surface area contributed by atoms with Gasteiger partial charge in [0.25, 0.3) is 0 Å². The predicted octanol–water partition coefficient (Wildman–Crippen LogP) is 1.86. The fraction of sp³-hybridized carbons (Fsp3) is 0.545. The first kappa shape index (κ1) is 15.1. The number of methoxy groups -OCH3 is 1. The molecule has 7 heteroatoms. The van der Waals surface area contributed by atoms with Crippen LogP contribution in [-0.2, 0) is 14.8 Å². The molecule has 0 spiro atoms. The quantitative estimate of drug-likeness (QED) is 0.812. The lowest BCUT2D eigenvalue weighted by atomic mass is 10.1. The van der Waals surface area contributed by atoms with Crippen LogP contribution in [0.1, 0.15) is 29.9 Å². The summed E-state index contributed by atoms with van der Waals surface area (Å²) in [4.78, 5) is 11.5. The molecule has 0 unspecified atom stereocenters. The van der Waals surface area contributed by atoms with Crippen LogP contribution in [0.15, 0.2) is 16.3 Å². The second kappa shape index (κ2) is 6.31. The van der Waals surface area contributed by atoms with Crippen molar-refractivity contribution in [2.45, 2.75) is 25.2 Å². The van der Waals surface area contributed by atoms with Gasteiger partial charge >= 0.3 is 5.97 Å². The number of hydrogen-bond acceptors (Lipinski definition) is 5. The molecule has 0 amide bonds. The monoisotopic (exact) mass is 291 g/mol. The molecule has 18 heavy (non-hydrogen) atoms. The topological polar surface area (TPSA) is 72.5 Å². The number of carbonyl (C=O) groups is 1. The van der Waals surface area contributed by atoms with Gasteiger partial charge in [-0.25, -0.2) is 17.9 Å². The Morgan fingerprint density at radius 1 is 1.50 bits per heavy atom. The van der Waals surface area contributed by atoms with E-state index in [1.54, 1.807) is 5.38 Å². The summed E-state index contributed by atoms with van der Waals surface area (Å²) in [5.74, 6) is -0.218. The molecular formula is C11H17NO4S2. The van der Waals surface area contributed by atoms with Crippen molar-refractivity contribution in [1.29, 1.82) is 0 Å². The fourth-order valence-corrected chi connectivity index (χ4v) is 3.69. The molecule has 1 N–H and O–H groups in total. The van der Waals surface area contributed by atoms with Crippen molar-refractivity contribution < 1.29 is 17.9 Å². The highest BCUT2D eigenvalue weighted by atomic mass is 32.2. The Morgan fingerprint density at radius 3 is 2.72 bits per heavy atom. The van der Waals surface area contributed by atoms with Crippen LogP contribution in [0.4, 0.5) is 0 Å². The van der Waals surface area contributed by atoms with Gasteiger partial charge in [0.15, 0.2) is 0 Å². The zero-order valence-corrected chi connectivity index (χ0v) is 12.2. The van der Waals surface area contributed by atoms with Crippen LogP contribution in [0.25, 0.3) is 0 Å². The fourth-order valence-electron chi connectivity index (χ4n) is 1.31. The van der Waals surface area contributed by atoms with E-state index in [2.05, 4.69) is 9.46 Å². The second-order valence-corrected chi connectivity index (χ2v) is 6.84. The van der Waals surface area contributed by atoms with E-state index in [0.717, 1.165) is 17.8 Å². The lowest BCUT2D eigenvalue weighted by Gasteiger charge is -2.08. The third-order valence-electron chi connectivity index (χ3n) is 2.30. The lowest BCUT2D eigenvalue weighted by molar-refractivity contribution is 0.0602. The maximum atomic E-state index is 12.0. The Bertz CT molecular complexity index is 505. The van der Waals surface area contributed by atoms with E-state index >= 15 is 0 Å². The number of esters is 1. The lowest BCUT2D eigenvalue weighted by Crippen LogP contribution is -2.26. The van der Waals surface area contributed by atoms with Crippen molar-refractivity contribution in [3.8, 4) is 0 Å². The average molecular weight is 291 g/mol. The molecule has 1 rings (SSSR count). The van der Waals surface area contributed by atoms with E-state index in [4.69, 9.17) is 0 Å². The number of thiophene rings is 1. The van der Waals surface area contributed by atoms with Gasteiger partial charge in [0, 0.05) is 6.54 Å². The van der Waals surface area contributed by atoms with Crippen molar-refractivity contribution in [2.75, 3.05) is 13.7 Å². The average Bonchev–Trinajstić information content (AvgIpc) is 2.76. The van der Waals surface area contributed by atoms with Gasteiger partial charge in [-0.1, -0.05) is 13.8 Å². The van der Waals surface area contributed by atoms with Gasteiger partial charge in [0.05, 0.1) is 7.11 Å². The van der Waals surface area contributed by atoms with Gasteiger partial charge < -0.3 is 4.74 Å². The van der Waals surface area contributed by atoms with E-state index in [1.165, 1.54) is 13.2 Å². The molecule has 0 aliphatic carbocycles. The molecule has 0 aliphatic heterocycles. The predicted molar refractivity (Wildman–Crippen MR) is 70.3 cm³/mol. The minimum atomic E-state index is -3.64. The largest absolute Gasteiger partial charge is 0.465 e. The van der Waals surface area contributed by atoms with E-state index in [0.29, 0.717) is 12.5 Å². The van der Waals surface area contributed by atoms with Crippen LogP contribution < -0.4 is 4.72 Å². The molecule has 0 saturated carbocycles. The number of sulfonamides is 1. The van der Waals surface area contributed by atoms with Crippen molar-refractivity contribution in [1.82, 2.24) is 4.72 Å². The van der Waals surface area contributed by atoms with Gasteiger partial charge in [0.1, 0.15) is 9.77 Å². The van der Waals surface area contributed by atoms with Gasteiger partial charge in [-0.2, -0.15) is 0 Å². The standard InChI is InChI=1S/C11H17NO4S2/c1-8(2)4-6-12-18(14,15)9-5-7-17-10(9)11(13)16-3/h5,7-8,12H,4,6H2,1-3H3. The first-order valence-electron chi connectivity index (χ1n) is 5.54. The number of carbonyl (C=O) groups excluding carboxylic acids is 1. The van der Waals surface area contributed by atoms with E-state index in [9.17, 15) is 13.2 Å². The highest BCUT2D eigenvalue weighted by Gasteiger charge is 2.24. The zero-order valence-electron chi connectivity index (χ0n) is 10.6. The molecule has 0 atom stereocenters. The molecule has 102 valence electrons. The molecule has 0 radical (unpaired) electrons. The summed E-state index contributed by atoms with van der Waals surface area (Å²) in [6.07, 6.45) is 0.747. The van der Waals surface area contributed by atoms with Crippen LogP contribution >= 0.6 is 11.3 Å². The summed E-state index contributed by atoms with van der Waals surface area (Å²) in [7, 11) is -2.41. The first-order chi connectivity index (χ1) is 8.38. The highest BCUT2D eigenvalue weighted by molar-refractivity contribution is 7.89. The summed E-state index contributed by atoms with van der Waals surface area (Å²) in [6, 6.07) is 1.41. The number of rotatable bonds is 6. The maximum Gasteiger partial charge on any atom is 0.349 e. The molecule has 0 fully saturated rings. The molecular weight excluding hydrogens is 274 g/mol. The highest BCUT2D eigenvalue weighted by Crippen LogP contribution is 2.22. The molecule has 1 aromatic rings. The van der Waals surface area contributed by atoms with Crippen molar-refractivity contribution >= 4 is 27.3 Å². The molecule has 1 aromatic heterocycles. The zero-order chi connectivity index (χ0) is 13.8. The van der Waals surface area contributed by atoms with E-state index in [1.807, 2.05) is 13.8 Å². The van der Waals surface area contributed by atoms with Gasteiger partial charge in [-0.15, -0.1) is 11.3 Å². The Labute approximate surface area is 111 Å². The van der Waals surface area contributed by atoms with Crippen LogP contribution in [0.3, 0.4) is 0 Å². The van der Waals surface area contributed by atoms with Gasteiger partial charge in [0.2, 0.25) is 10.0 Å². The minimum absolute atomic E-state index is 0.0110. The Balaban J connectivity index is 2.85. The summed E-state index contributed by atoms with van der Waals surface area (Å²) < 4.78 is 31.0. The molecule has 0 aromatic carbocycles. The van der Waals surface area contributed by atoms with Crippen LogP contribution in [-0.4, -0.2) is 28.0 Å². The maximum absolute atomic E-state index is 12.0. The van der Waals surface area contributed by atoms with Crippen molar-refractivity contribution in [2.24, 2.45) is 5.92 Å². The molecule has 1 heterocycles. The summed E-state index contributed by atoms with van der Waals surface area (Å²) in [6.45, 7) is 4.38. The number of nitrogens with one attached hydrogen (secondary N) is 1. The Morgan fingerprint density at radius 2 is 2.17 bits per heavy atom. The molecule has 0 saturated heterocycles. The second-order valence-electron chi connectivity index (χ2n) is 4.19. The third-order valence-corrected chi connectivity index (χ3v) is 4.83. The molecule has 5 nitrogen and oxygen atoms in total. The SMILES string of the molecule is COC(=O)c1sccc1S(=O)(=O)NCCC(C)C. The van der Waals surface area contributed by atoms with E-state index in [-0.39, 0.29) is 9.77 Å². The minimum Gasteiger partial charge on any atom is -0.465 e. The van der Waals surface area contributed by atoms with Crippen LogP contribution in [0.2, 0.25) is 0 Å². The van der Waals surface area contributed by atoms with Gasteiger partial charge in [-0.3, -0.25) is 0 Å². The number of ether oxygens (including phenoxy) is 1. The summed E-state index contributed by atoms with van der Waals surface area (Å²) >= 11 is 1.06. The van der Waals surface area contributed by atoms with Crippen LogP contribution in [0.5, 0.6) is 0 Å². The normalized spacial score (nSPS) is 11.8. The third kappa shape index (κ3) is 3.79. The summed E-state index contributed by atoms with van der Waals surface area (Å²) in [5.41, 5.74) is 0. The van der Waals surface area contributed by atoms with Gasteiger partial charge in [-0.05, 0) is 23.8 Å². The van der Waals surface area contributed by atoms with Crippen LogP contribution in [0, 0.1) is 5.92 Å². The first-order valence-corrected chi connectivity index (χ1v) is 7.90. The van der Waals surface area contributed by atoms with E-state index < -0.39 is 16.0 Å². The Hall–Kier alpha value is -0.920. The number of hydrogen-bond donors (Lipinski definition) is 1. The Kier molecular flexibility index (Phi) is 5.30. The smallest absolute Gasteiger partial charge is 0.349 e. The molecule has 0 bridgehead atoms. The summed E-state index contributed by atoms with van der Waals surface area (Å²) in [5, 5.41) is 1.56.